The quantitative estimate of drug-likeness (QED) is 0.590. The molecule has 0 aromatic rings. The van der Waals surface area contributed by atoms with Crippen LogP contribution in [0.15, 0.2) is 0 Å². The van der Waals surface area contributed by atoms with Gasteiger partial charge in [-0.25, -0.2) is 0 Å². The number of piperidine rings is 1. The summed E-state index contributed by atoms with van der Waals surface area (Å²) >= 11 is 0. The molecule has 3 heteroatoms. The molecule has 2 fully saturated rings. The van der Waals surface area contributed by atoms with Gasteiger partial charge in [0.15, 0.2) is 0 Å². The summed E-state index contributed by atoms with van der Waals surface area (Å²) in [6, 6.07) is 0.483. The van der Waals surface area contributed by atoms with E-state index in [9.17, 15) is 4.79 Å². The van der Waals surface area contributed by atoms with E-state index < -0.39 is 0 Å². The van der Waals surface area contributed by atoms with E-state index in [1.54, 1.807) is 6.92 Å². The average Bonchev–Trinajstić information content (AvgIpc) is 2.63. The maximum absolute atomic E-state index is 10.8. The van der Waals surface area contributed by atoms with Gasteiger partial charge in [0.1, 0.15) is 0 Å². The summed E-state index contributed by atoms with van der Waals surface area (Å²) < 4.78 is 0. The van der Waals surface area contributed by atoms with Crippen molar-refractivity contribution in [1.82, 2.24) is 10.6 Å². The number of carbonyl (C=O) groups excluding carboxylic acids is 1. The first kappa shape index (κ1) is 8.05. The van der Waals surface area contributed by atoms with E-state index in [1.807, 2.05) is 0 Å². The van der Waals surface area contributed by atoms with E-state index in [1.165, 1.54) is 19.3 Å². The summed E-state index contributed by atoms with van der Waals surface area (Å²) in [6.45, 7) is 3.85. The molecule has 2 aliphatic rings. The number of hydrogen-bond donors (Lipinski definition) is 2. The predicted octanol–water partition coefficient (Wildman–Crippen LogP) is 0.265. The first-order valence-electron chi connectivity index (χ1n) is 4.71. The van der Waals surface area contributed by atoms with Gasteiger partial charge < -0.3 is 10.6 Å². The van der Waals surface area contributed by atoms with Gasteiger partial charge >= 0.3 is 0 Å². The van der Waals surface area contributed by atoms with Crippen molar-refractivity contribution in [2.75, 3.05) is 13.1 Å². The molecule has 1 amide bonds. The Morgan fingerprint density at radius 1 is 1.50 bits per heavy atom. The molecular weight excluding hydrogens is 152 g/mol. The molecule has 1 atom stereocenters. The van der Waals surface area contributed by atoms with Crippen LogP contribution in [0.4, 0.5) is 0 Å². The topological polar surface area (TPSA) is 41.1 Å². The second kappa shape index (κ2) is 2.73. The Hall–Kier alpha value is -0.570. The van der Waals surface area contributed by atoms with Crippen molar-refractivity contribution in [3.63, 3.8) is 0 Å². The third-order valence-corrected chi connectivity index (χ3v) is 3.17. The summed E-state index contributed by atoms with van der Waals surface area (Å²) in [5, 5.41) is 6.35. The van der Waals surface area contributed by atoms with Crippen LogP contribution < -0.4 is 10.6 Å². The molecule has 68 valence electrons. The number of amides is 1. The lowest BCUT2D eigenvalue weighted by Crippen LogP contribution is -2.35. The Morgan fingerprint density at radius 3 is 2.75 bits per heavy atom. The molecule has 1 aliphatic carbocycles. The van der Waals surface area contributed by atoms with Crippen molar-refractivity contribution in [1.29, 1.82) is 0 Å². The summed E-state index contributed by atoms with van der Waals surface area (Å²) in [5.74, 6) is 0.121. The van der Waals surface area contributed by atoms with Gasteiger partial charge in [0.05, 0.1) is 0 Å². The average molecular weight is 168 g/mol. The Balaban J connectivity index is 1.86. The molecule has 0 aromatic heterocycles. The lowest BCUT2D eigenvalue weighted by atomic mass is 9.94. The van der Waals surface area contributed by atoms with Crippen LogP contribution in [0.3, 0.4) is 0 Å². The molecule has 2 rings (SSSR count). The van der Waals surface area contributed by atoms with E-state index in [-0.39, 0.29) is 5.91 Å². The van der Waals surface area contributed by atoms with E-state index in [0.717, 1.165) is 13.1 Å². The van der Waals surface area contributed by atoms with Gasteiger partial charge in [0.25, 0.3) is 0 Å². The Bertz CT molecular complexity index is 197. The summed E-state index contributed by atoms with van der Waals surface area (Å²) in [4.78, 5) is 10.8. The summed E-state index contributed by atoms with van der Waals surface area (Å²) in [6.07, 6.45) is 3.67. The SMILES string of the molecule is CC(=O)NC1CC12CCNCC2. The monoisotopic (exact) mass is 168 g/mol. The van der Waals surface area contributed by atoms with Crippen molar-refractivity contribution in [2.45, 2.75) is 32.2 Å². The third-order valence-electron chi connectivity index (χ3n) is 3.17. The molecule has 12 heavy (non-hydrogen) atoms. The molecule has 1 saturated carbocycles. The third kappa shape index (κ3) is 1.33. The van der Waals surface area contributed by atoms with Gasteiger partial charge in [-0.2, -0.15) is 0 Å². The summed E-state index contributed by atoms with van der Waals surface area (Å²) in [7, 11) is 0. The predicted molar refractivity (Wildman–Crippen MR) is 46.8 cm³/mol. The largest absolute Gasteiger partial charge is 0.353 e. The van der Waals surface area contributed by atoms with E-state index in [2.05, 4.69) is 10.6 Å². The Labute approximate surface area is 72.9 Å². The first-order chi connectivity index (χ1) is 5.73. The van der Waals surface area contributed by atoms with Crippen molar-refractivity contribution in [2.24, 2.45) is 5.41 Å². The van der Waals surface area contributed by atoms with Gasteiger partial charge in [-0.05, 0) is 37.8 Å². The fraction of sp³-hybridized carbons (Fsp3) is 0.889. The van der Waals surface area contributed by atoms with Crippen molar-refractivity contribution in [3.05, 3.63) is 0 Å². The smallest absolute Gasteiger partial charge is 0.217 e. The maximum atomic E-state index is 10.8. The molecule has 1 unspecified atom stereocenters. The highest BCUT2D eigenvalue weighted by Gasteiger charge is 2.54. The normalized spacial score (nSPS) is 31.6. The van der Waals surface area contributed by atoms with Crippen LogP contribution in [0.1, 0.15) is 26.2 Å². The minimum atomic E-state index is 0.121. The van der Waals surface area contributed by atoms with E-state index >= 15 is 0 Å². The zero-order chi connectivity index (χ0) is 8.60. The molecular formula is C9H16N2O. The standard InChI is InChI=1S/C9H16N2O/c1-7(12)11-8-6-9(8)2-4-10-5-3-9/h8,10H,2-6H2,1H3,(H,11,12). The second-order valence-electron chi connectivity index (χ2n) is 4.07. The second-order valence-corrected chi connectivity index (χ2v) is 4.07. The highest BCUT2D eigenvalue weighted by molar-refractivity contribution is 5.73. The highest BCUT2D eigenvalue weighted by Crippen LogP contribution is 2.52. The van der Waals surface area contributed by atoms with Crippen LogP contribution in [0, 0.1) is 5.41 Å². The van der Waals surface area contributed by atoms with Crippen LogP contribution in [-0.2, 0) is 4.79 Å². The molecule has 1 heterocycles. The van der Waals surface area contributed by atoms with Crippen molar-refractivity contribution < 1.29 is 4.79 Å². The molecule has 1 saturated heterocycles. The van der Waals surface area contributed by atoms with E-state index in [0.29, 0.717) is 11.5 Å². The van der Waals surface area contributed by atoms with Crippen LogP contribution in [-0.4, -0.2) is 25.0 Å². The van der Waals surface area contributed by atoms with Gasteiger partial charge in [0, 0.05) is 13.0 Å². The van der Waals surface area contributed by atoms with Gasteiger partial charge in [-0.1, -0.05) is 0 Å². The number of hydrogen-bond acceptors (Lipinski definition) is 2. The Kier molecular flexibility index (Phi) is 1.83. The first-order valence-corrected chi connectivity index (χ1v) is 4.71. The molecule has 0 bridgehead atoms. The number of nitrogens with one attached hydrogen (secondary N) is 2. The lowest BCUT2D eigenvalue weighted by Gasteiger charge is -2.23. The number of carbonyl (C=O) groups is 1. The number of rotatable bonds is 1. The van der Waals surface area contributed by atoms with Crippen LogP contribution in [0.25, 0.3) is 0 Å². The lowest BCUT2D eigenvalue weighted by molar-refractivity contribution is -0.119. The maximum Gasteiger partial charge on any atom is 0.217 e. The van der Waals surface area contributed by atoms with Crippen LogP contribution >= 0.6 is 0 Å². The van der Waals surface area contributed by atoms with Crippen LogP contribution in [0.5, 0.6) is 0 Å². The van der Waals surface area contributed by atoms with Gasteiger partial charge in [-0.3, -0.25) is 4.79 Å². The molecule has 0 radical (unpaired) electrons. The zero-order valence-corrected chi connectivity index (χ0v) is 7.52. The highest BCUT2D eigenvalue weighted by atomic mass is 16.1. The van der Waals surface area contributed by atoms with Gasteiger partial charge in [-0.15, -0.1) is 0 Å². The minimum Gasteiger partial charge on any atom is -0.353 e. The molecule has 2 N–H and O–H groups in total. The van der Waals surface area contributed by atoms with E-state index in [4.69, 9.17) is 0 Å². The van der Waals surface area contributed by atoms with Gasteiger partial charge in [0.2, 0.25) is 5.91 Å². The molecule has 0 aromatic carbocycles. The summed E-state index contributed by atoms with van der Waals surface area (Å²) in [5.41, 5.74) is 0.483. The Morgan fingerprint density at radius 2 is 2.17 bits per heavy atom. The van der Waals surface area contributed by atoms with Crippen molar-refractivity contribution in [3.8, 4) is 0 Å². The fourth-order valence-electron chi connectivity index (χ4n) is 2.27. The molecule has 1 spiro atoms. The molecule has 1 aliphatic heterocycles. The van der Waals surface area contributed by atoms with Crippen LogP contribution in [0.2, 0.25) is 0 Å². The van der Waals surface area contributed by atoms with Crippen molar-refractivity contribution >= 4 is 5.91 Å². The zero-order valence-electron chi connectivity index (χ0n) is 7.52. The fourth-order valence-corrected chi connectivity index (χ4v) is 2.27. The molecule has 3 nitrogen and oxygen atoms in total. The minimum absolute atomic E-state index is 0.121.